The number of hydrogen-bond donors (Lipinski definition) is 1. The lowest BCUT2D eigenvalue weighted by atomic mass is 9.99. The van der Waals surface area contributed by atoms with Crippen LogP contribution in [-0.4, -0.2) is 70.0 Å². The van der Waals surface area contributed by atoms with E-state index >= 15 is 0 Å². The Morgan fingerprint density at radius 3 is 2.24 bits per heavy atom. The minimum absolute atomic E-state index is 0.129. The van der Waals surface area contributed by atoms with Gasteiger partial charge < -0.3 is 15.1 Å². The molecule has 1 atom stereocenters. The molecule has 0 bridgehead atoms. The number of thiazole rings is 1. The number of anilines is 1. The summed E-state index contributed by atoms with van der Waals surface area (Å²) in [4.78, 5) is 62.5. The molecule has 1 N–H and O–H groups in total. The van der Waals surface area contributed by atoms with Crippen LogP contribution in [0.15, 0.2) is 66.0 Å². The summed E-state index contributed by atoms with van der Waals surface area (Å²) in [7, 11) is 2.98. The average molecular weight is 568 g/mol. The lowest BCUT2D eigenvalue weighted by Gasteiger charge is -2.39. The molecule has 1 aliphatic heterocycles. The second-order valence-corrected chi connectivity index (χ2v) is 11.0. The molecule has 0 radical (unpaired) electrons. The molecule has 208 valence electrons. The van der Waals surface area contributed by atoms with Gasteiger partial charge in [0.1, 0.15) is 6.04 Å². The first-order chi connectivity index (χ1) is 19.6. The van der Waals surface area contributed by atoms with E-state index in [0.29, 0.717) is 18.1 Å². The molecule has 1 aliphatic rings. The molecule has 1 fully saturated rings. The average Bonchev–Trinajstić information content (AvgIpc) is 3.39. The quantitative estimate of drug-likeness (QED) is 0.258. The van der Waals surface area contributed by atoms with Crippen LogP contribution in [0.25, 0.3) is 22.4 Å². The summed E-state index contributed by atoms with van der Waals surface area (Å²) >= 11 is 1.32. The van der Waals surface area contributed by atoms with Gasteiger partial charge in [0, 0.05) is 54.1 Å². The van der Waals surface area contributed by atoms with E-state index in [2.05, 4.69) is 21.4 Å². The number of pyridine rings is 1. The highest BCUT2D eigenvalue weighted by Gasteiger charge is 2.38. The van der Waals surface area contributed by atoms with Crippen LogP contribution in [0.2, 0.25) is 0 Å². The van der Waals surface area contributed by atoms with Crippen LogP contribution in [0.4, 0.5) is 5.13 Å². The highest BCUT2D eigenvalue weighted by molar-refractivity contribution is 7.14. The van der Waals surface area contributed by atoms with Crippen molar-refractivity contribution in [2.45, 2.75) is 26.3 Å². The third-order valence-corrected chi connectivity index (χ3v) is 7.62. The van der Waals surface area contributed by atoms with Gasteiger partial charge in [0.2, 0.25) is 11.7 Å². The van der Waals surface area contributed by atoms with E-state index in [9.17, 15) is 19.2 Å². The van der Waals surface area contributed by atoms with Gasteiger partial charge in [-0.15, -0.1) is 11.3 Å². The third-order valence-electron chi connectivity index (χ3n) is 6.86. The van der Waals surface area contributed by atoms with Gasteiger partial charge in [-0.1, -0.05) is 30.3 Å². The molecule has 0 spiro atoms. The number of hydrogen-bond acceptors (Lipinski definition) is 7. The van der Waals surface area contributed by atoms with Crippen molar-refractivity contribution in [3.8, 4) is 22.4 Å². The van der Waals surface area contributed by atoms with Gasteiger partial charge in [0.25, 0.3) is 11.8 Å². The van der Waals surface area contributed by atoms with Gasteiger partial charge in [-0.25, -0.2) is 4.98 Å². The number of likely N-dealkylation sites (tertiary alicyclic amines) is 1. The molecule has 10 heteroatoms. The molecule has 0 aliphatic carbocycles. The molecule has 0 unspecified atom stereocenters. The van der Waals surface area contributed by atoms with Gasteiger partial charge in [0.15, 0.2) is 5.13 Å². The summed E-state index contributed by atoms with van der Waals surface area (Å²) in [5, 5.41) is 5.18. The number of carbonyl (C=O) groups excluding carboxylic acids is 4. The second-order valence-electron chi connectivity index (χ2n) is 10.2. The normalized spacial score (nSPS) is 14.2. The largest absolute Gasteiger partial charge is 0.342 e. The number of nitrogens with one attached hydrogen (secondary N) is 1. The Labute approximate surface area is 241 Å². The van der Waals surface area contributed by atoms with Crippen molar-refractivity contribution in [2.24, 2.45) is 0 Å². The summed E-state index contributed by atoms with van der Waals surface area (Å²) in [5.74, 6) is -2.06. The molecule has 9 nitrogen and oxygen atoms in total. The Morgan fingerprint density at radius 1 is 0.878 bits per heavy atom. The third kappa shape index (κ3) is 5.92. The maximum Gasteiger partial charge on any atom is 0.294 e. The highest BCUT2D eigenvalue weighted by Crippen LogP contribution is 2.30. The van der Waals surface area contributed by atoms with E-state index in [0.717, 1.165) is 33.8 Å². The van der Waals surface area contributed by atoms with E-state index in [1.807, 2.05) is 49.6 Å². The van der Waals surface area contributed by atoms with Crippen molar-refractivity contribution in [1.82, 2.24) is 19.8 Å². The monoisotopic (exact) mass is 567 g/mol. The first kappa shape index (κ1) is 27.9. The van der Waals surface area contributed by atoms with Crippen LogP contribution in [0.1, 0.15) is 38.5 Å². The van der Waals surface area contributed by atoms with Crippen LogP contribution >= 0.6 is 11.3 Å². The maximum absolute atomic E-state index is 13.2. The molecule has 0 saturated carbocycles. The van der Waals surface area contributed by atoms with Crippen LogP contribution in [0.5, 0.6) is 0 Å². The van der Waals surface area contributed by atoms with Crippen molar-refractivity contribution >= 4 is 40.0 Å². The Kier molecular flexibility index (Phi) is 7.76. The molecule has 3 heterocycles. The molecule has 2 aromatic carbocycles. The number of ketones is 1. The number of Topliss-reactive ketones (excluding diaryl/α,β-unsaturated/α-hetero) is 1. The fourth-order valence-corrected chi connectivity index (χ4v) is 5.42. The number of aromatic nitrogens is 2. The van der Waals surface area contributed by atoms with Crippen molar-refractivity contribution in [3.63, 3.8) is 0 Å². The van der Waals surface area contributed by atoms with E-state index in [1.165, 1.54) is 47.4 Å². The predicted molar refractivity (Wildman–Crippen MR) is 158 cm³/mol. The van der Waals surface area contributed by atoms with E-state index in [-0.39, 0.29) is 22.9 Å². The molecule has 5 rings (SSSR count). The molecule has 1 saturated heterocycles. The summed E-state index contributed by atoms with van der Waals surface area (Å²) < 4.78 is 0. The first-order valence-electron chi connectivity index (χ1n) is 13.1. The topological polar surface area (TPSA) is 113 Å². The minimum atomic E-state index is -0.696. The van der Waals surface area contributed by atoms with E-state index < -0.39 is 17.7 Å². The number of nitrogens with zero attached hydrogens (tertiary/aromatic N) is 4. The second kappa shape index (κ2) is 11.4. The summed E-state index contributed by atoms with van der Waals surface area (Å²) in [6.07, 6.45) is 0.514. The Morgan fingerprint density at radius 2 is 1.56 bits per heavy atom. The van der Waals surface area contributed by atoms with Crippen LogP contribution in [-0.2, 0) is 9.59 Å². The summed E-state index contributed by atoms with van der Waals surface area (Å²) in [5.41, 5.74) is 6.07. The smallest absolute Gasteiger partial charge is 0.294 e. The zero-order valence-electron chi connectivity index (χ0n) is 23.2. The van der Waals surface area contributed by atoms with Gasteiger partial charge in [-0.3, -0.25) is 24.2 Å². The minimum Gasteiger partial charge on any atom is -0.342 e. The lowest BCUT2D eigenvalue weighted by molar-refractivity contribution is -0.124. The van der Waals surface area contributed by atoms with Gasteiger partial charge >= 0.3 is 0 Å². The van der Waals surface area contributed by atoms with Gasteiger partial charge in [-0.05, 0) is 61.7 Å². The van der Waals surface area contributed by atoms with Crippen LogP contribution in [0, 0.1) is 13.8 Å². The SMILES string of the molecule is Cc1cc(-c2cccc(-c3csc(NC(=O)[C@H]4CCN4C(=O)c4cccc(C(=O)C(=O)N(C)C)c4)n3)c2)cc(C)n1. The van der Waals surface area contributed by atoms with E-state index in [1.54, 1.807) is 12.1 Å². The van der Waals surface area contributed by atoms with E-state index in [4.69, 9.17) is 0 Å². The van der Waals surface area contributed by atoms with Crippen LogP contribution < -0.4 is 5.32 Å². The molecule has 41 heavy (non-hydrogen) atoms. The standard InChI is InChI=1S/C31H29N5O4S/c1-18-13-24(14-19(2)32-18)20-7-5-8-21(15-20)25-17-41-31(33-25)34-28(38)26-11-12-36(26)29(39)23-10-6-9-22(16-23)27(37)30(40)35(3)4/h5-10,13-17,26H,11-12H2,1-4H3,(H,33,34,38)/t26-/m1/s1. The van der Waals surface area contributed by atoms with Crippen molar-refractivity contribution in [1.29, 1.82) is 0 Å². The number of rotatable bonds is 7. The number of likely N-dealkylation sites (N-methyl/N-ethyl adjacent to an activating group) is 1. The van der Waals surface area contributed by atoms with Crippen molar-refractivity contribution in [3.05, 3.63) is 88.6 Å². The fourth-order valence-electron chi connectivity index (χ4n) is 4.70. The summed E-state index contributed by atoms with van der Waals surface area (Å²) in [6.45, 7) is 4.36. The Balaban J connectivity index is 1.26. The lowest BCUT2D eigenvalue weighted by Crippen LogP contribution is -2.56. The van der Waals surface area contributed by atoms with Gasteiger partial charge in [0.05, 0.1) is 5.69 Å². The number of aryl methyl sites for hydroxylation is 2. The number of carbonyl (C=O) groups is 4. The van der Waals surface area contributed by atoms with Crippen molar-refractivity contribution in [2.75, 3.05) is 26.0 Å². The first-order valence-corrected chi connectivity index (χ1v) is 14.0. The zero-order chi connectivity index (χ0) is 29.3. The molecular formula is C31H29N5O4S. The predicted octanol–water partition coefficient (Wildman–Crippen LogP) is 4.61. The molecule has 4 aromatic rings. The Hall–Kier alpha value is -4.70. The summed E-state index contributed by atoms with van der Waals surface area (Å²) in [6, 6.07) is 17.5. The molecular weight excluding hydrogens is 538 g/mol. The number of amides is 3. The van der Waals surface area contributed by atoms with Crippen molar-refractivity contribution < 1.29 is 19.2 Å². The molecule has 3 amide bonds. The highest BCUT2D eigenvalue weighted by atomic mass is 32.1. The van der Waals surface area contributed by atoms with Crippen LogP contribution in [0.3, 0.4) is 0 Å². The van der Waals surface area contributed by atoms with Gasteiger partial charge in [-0.2, -0.15) is 0 Å². The fraction of sp³-hybridized carbons (Fsp3) is 0.226. The zero-order valence-corrected chi connectivity index (χ0v) is 24.0. The number of benzene rings is 2. The Bertz CT molecular complexity index is 1660. The maximum atomic E-state index is 13.2. The molecule has 2 aromatic heterocycles.